The van der Waals surface area contributed by atoms with Crippen molar-refractivity contribution < 1.29 is 14.3 Å². The van der Waals surface area contributed by atoms with E-state index in [2.05, 4.69) is 25.5 Å². The number of methoxy groups -OCH3 is 2. The van der Waals surface area contributed by atoms with Gasteiger partial charge in [0.2, 0.25) is 11.0 Å². The molecule has 0 radical (unpaired) electrons. The van der Waals surface area contributed by atoms with E-state index in [0.29, 0.717) is 22.2 Å². The molecule has 0 saturated heterocycles. The lowest BCUT2D eigenvalue weighted by atomic mass is 10.2. The number of hydrogen-bond donors (Lipinski definition) is 1. The first kappa shape index (κ1) is 26.6. The lowest BCUT2D eigenvalue weighted by Gasteiger charge is -2.13. The fourth-order valence-corrected chi connectivity index (χ4v) is 5.85. The van der Waals surface area contributed by atoms with Crippen LogP contribution < -0.4 is 26.0 Å². The Kier molecular flexibility index (Phi) is 8.14. The van der Waals surface area contributed by atoms with E-state index in [0.717, 1.165) is 26.4 Å². The van der Waals surface area contributed by atoms with Crippen molar-refractivity contribution in [3.63, 3.8) is 0 Å². The molecule has 0 aliphatic carbocycles. The summed E-state index contributed by atoms with van der Waals surface area (Å²) in [5, 5.41) is 11.5. The van der Waals surface area contributed by atoms with Gasteiger partial charge in [-0.15, -0.1) is 10.2 Å². The van der Waals surface area contributed by atoms with Crippen LogP contribution in [0.15, 0.2) is 37.2 Å². The van der Waals surface area contributed by atoms with Crippen LogP contribution in [0.3, 0.4) is 0 Å². The first-order valence-electron chi connectivity index (χ1n) is 10.9. The molecule has 1 aromatic carbocycles. The first-order valence-corrected chi connectivity index (χ1v) is 13.6. The summed E-state index contributed by atoms with van der Waals surface area (Å²) in [6.45, 7) is 2.00. The van der Waals surface area contributed by atoms with Crippen molar-refractivity contribution in [2.24, 2.45) is 14.1 Å². The molecule has 0 saturated carbocycles. The maximum absolute atomic E-state index is 13.1. The van der Waals surface area contributed by atoms with Crippen LogP contribution in [0.25, 0.3) is 22.4 Å². The van der Waals surface area contributed by atoms with Crippen LogP contribution in [-0.2, 0) is 18.9 Å². The molecule has 0 atom stereocenters. The zero-order valence-corrected chi connectivity index (χ0v) is 23.0. The second-order valence-electron chi connectivity index (χ2n) is 7.47. The Morgan fingerprint density at radius 3 is 2.51 bits per heavy atom. The number of aryl methyl sites for hydroxylation is 1. The van der Waals surface area contributed by atoms with Crippen LogP contribution in [0.5, 0.6) is 11.5 Å². The van der Waals surface area contributed by atoms with Gasteiger partial charge in [0.05, 0.1) is 20.0 Å². The van der Waals surface area contributed by atoms with Gasteiger partial charge in [-0.05, 0) is 24.0 Å². The molecule has 0 unspecified atom stereocenters. The Labute approximate surface area is 223 Å². The van der Waals surface area contributed by atoms with E-state index in [4.69, 9.17) is 9.47 Å². The second-order valence-corrected chi connectivity index (χ2v) is 10.9. The Morgan fingerprint density at radius 1 is 1.05 bits per heavy atom. The van der Waals surface area contributed by atoms with Gasteiger partial charge in [0, 0.05) is 19.7 Å². The standard InChI is InChI=1S/C22H23N7O5S3/c1-6-35-21-27-26-20(37-21)23-14(30)10-36-18-15-17(28(2)22(32)29(3)19(15)31)24-16(25-18)11-7-8-12(33-4)13(9-11)34-5/h7-9H,6,10H2,1-5H3,(H,23,26,30). The molecular formula is C22H23N7O5S3. The Morgan fingerprint density at radius 2 is 1.81 bits per heavy atom. The van der Waals surface area contributed by atoms with Crippen LogP contribution in [0.2, 0.25) is 0 Å². The van der Waals surface area contributed by atoms with Gasteiger partial charge in [-0.25, -0.2) is 14.8 Å². The molecular weight excluding hydrogens is 538 g/mol. The SMILES string of the molecule is CCSc1nnc(NC(=O)CSc2nc(-c3ccc(OC)c(OC)c3)nc3c2c(=O)n(C)c(=O)n3C)s1. The zero-order chi connectivity index (χ0) is 26.7. The summed E-state index contributed by atoms with van der Waals surface area (Å²) in [6.07, 6.45) is 0. The summed E-state index contributed by atoms with van der Waals surface area (Å²) in [5.41, 5.74) is -0.347. The Bertz CT molecular complexity index is 1600. The number of nitrogens with one attached hydrogen (secondary N) is 1. The normalized spacial score (nSPS) is 11.1. The summed E-state index contributed by atoms with van der Waals surface area (Å²) < 4.78 is 13.7. The minimum atomic E-state index is -0.551. The summed E-state index contributed by atoms with van der Waals surface area (Å²) >= 11 is 3.88. The molecule has 3 heterocycles. The van der Waals surface area contributed by atoms with Crippen molar-refractivity contribution in [3.05, 3.63) is 39.0 Å². The molecule has 0 fully saturated rings. The molecule has 4 rings (SSSR count). The van der Waals surface area contributed by atoms with Crippen molar-refractivity contribution in [2.75, 3.05) is 31.0 Å². The monoisotopic (exact) mass is 561 g/mol. The van der Waals surface area contributed by atoms with E-state index in [-0.39, 0.29) is 33.5 Å². The Balaban J connectivity index is 1.74. The number of carbonyl (C=O) groups excluding carboxylic acids is 1. The predicted octanol–water partition coefficient (Wildman–Crippen LogP) is 2.41. The molecule has 1 amide bonds. The van der Waals surface area contributed by atoms with Gasteiger partial charge in [-0.3, -0.25) is 24.0 Å². The van der Waals surface area contributed by atoms with Crippen LogP contribution in [0.1, 0.15) is 6.92 Å². The largest absolute Gasteiger partial charge is 0.493 e. The third-order valence-electron chi connectivity index (χ3n) is 5.17. The van der Waals surface area contributed by atoms with Crippen molar-refractivity contribution in [1.29, 1.82) is 0 Å². The summed E-state index contributed by atoms with van der Waals surface area (Å²) in [4.78, 5) is 47.4. The van der Waals surface area contributed by atoms with E-state index in [9.17, 15) is 14.4 Å². The van der Waals surface area contributed by atoms with Gasteiger partial charge < -0.3 is 9.47 Å². The maximum Gasteiger partial charge on any atom is 0.332 e. The third kappa shape index (κ3) is 5.47. The van der Waals surface area contributed by atoms with Gasteiger partial charge in [-0.2, -0.15) is 0 Å². The van der Waals surface area contributed by atoms with E-state index < -0.39 is 11.2 Å². The minimum Gasteiger partial charge on any atom is -0.493 e. The van der Waals surface area contributed by atoms with Crippen molar-refractivity contribution in [3.8, 4) is 22.9 Å². The molecule has 0 spiro atoms. The molecule has 3 aromatic heterocycles. The smallest absolute Gasteiger partial charge is 0.332 e. The van der Waals surface area contributed by atoms with Crippen molar-refractivity contribution >= 4 is 56.9 Å². The zero-order valence-electron chi connectivity index (χ0n) is 20.6. The van der Waals surface area contributed by atoms with E-state index >= 15 is 0 Å². The predicted molar refractivity (Wildman–Crippen MR) is 144 cm³/mol. The lowest BCUT2D eigenvalue weighted by Crippen LogP contribution is -2.37. The van der Waals surface area contributed by atoms with Gasteiger partial charge >= 0.3 is 5.69 Å². The molecule has 0 bridgehead atoms. The fraction of sp³-hybridized carbons (Fsp3) is 0.318. The fourth-order valence-electron chi connectivity index (χ4n) is 3.37. The number of thioether (sulfide) groups is 2. The van der Waals surface area contributed by atoms with Gasteiger partial charge in [0.1, 0.15) is 10.4 Å². The van der Waals surface area contributed by atoms with E-state index in [1.165, 1.54) is 56.0 Å². The van der Waals surface area contributed by atoms with Crippen molar-refractivity contribution in [2.45, 2.75) is 16.3 Å². The topological polar surface area (TPSA) is 143 Å². The number of rotatable bonds is 9. The highest BCUT2D eigenvalue weighted by molar-refractivity contribution is 8.01. The average molecular weight is 562 g/mol. The third-order valence-corrected chi connectivity index (χ3v) is 8.00. The van der Waals surface area contributed by atoms with Crippen LogP contribution in [0.4, 0.5) is 5.13 Å². The molecule has 12 nitrogen and oxygen atoms in total. The second kappa shape index (κ2) is 11.3. The number of carbonyl (C=O) groups is 1. The molecule has 1 N–H and O–H groups in total. The van der Waals surface area contributed by atoms with Crippen LogP contribution >= 0.6 is 34.9 Å². The summed E-state index contributed by atoms with van der Waals surface area (Å²) in [7, 11) is 5.95. The Hall–Kier alpha value is -3.43. The lowest BCUT2D eigenvalue weighted by molar-refractivity contribution is -0.113. The molecule has 4 aromatic rings. The molecule has 37 heavy (non-hydrogen) atoms. The average Bonchev–Trinajstić information content (AvgIpc) is 3.35. The number of hydrogen-bond acceptors (Lipinski definition) is 12. The highest BCUT2D eigenvalue weighted by atomic mass is 32.2. The quantitative estimate of drug-likeness (QED) is 0.183. The highest BCUT2D eigenvalue weighted by Crippen LogP contribution is 2.33. The molecule has 15 heteroatoms. The van der Waals surface area contributed by atoms with E-state index in [1.807, 2.05) is 6.92 Å². The van der Waals surface area contributed by atoms with E-state index in [1.54, 1.807) is 18.2 Å². The first-order chi connectivity index (χ1) is 17.8. The highest BCUT2D eigenvalue weighted by Gasteiger charge is 2.20. The maximum atomic E-state index is 13.1. The van der Waals surface area contributed by atoms with Gasteiger partial charge in [0.15, 0.2) is 27.3 Å². The number of benzene rings is 1. The number of fused-ring (bicyclic) bond motifs is 1. The van der Waals surface area contributed by atoms with Gasteiger partial charge in [-0.1, -0.05) is 41.8 Å². The summed E-state index contributed by atoms with van der Waals surface area (Å²) in [5.74, 6) is 1.70. The van der Waals surface area contributed by atoms with Crippen LogP contribution in [-0.4, -0.2) is 60.9 Å². The minimum absolute atomic E-state index is 0.0562. The number of anilines is 1. The van der Waals surface area contributed by atoms with Gasteiger partial charge in [0.25, 0.3) is 5.56 Å². The van der Waals surface area contributed by atoms with Crippen molar-refractivity contribution in [1.82, 2.24) is 29.3 Å². The summed E-state index contributed by atoms with van der Waals surface area (Å²) in [6, 6.07) is 5.14. The van der Waals surface area contributed by atoms with Crippen LogP contribution in [0, 0.1) is 0 Å². The number of nitrogens with zero attached hydrogens (tertiary/aromatic N) is 6. The number of amides is 1. The number of aromatic nitrogens is 6. The molecule has 0 aliphatic heterocycles. The number of ether oxygens (including phenoxy) is 2. The molecule has 0 aliphatic rings. The molecule has 194 valence electrons.